The van der Waals surface area contributed by atoms with E-state index in [9.17, 15) is 0 Å². The Bertz CT molecular complexity index is 2210. The molecular weight excluding hydrogens is 480 g/mol. The zero-order valence-corrected chi connectivity index (χ0v) is 22.0. The summed E-state index contributed by atoms with van der Waals surface area (Å²) < 4.78 is 0. The third-order valence-corrected chi connectivity index (χ3v) is 8.24. The lowest BCUT2D eigenvalue weighted by Gasteiger charge is -2.15. The minimum Gasteiger partial charge on any atom is -0.0616 e. The predicted molar refractivity (Wildman–Crippen MR) is 173 cm³/mol. The third kappa shape index (κ3) is 3.69. The molecule has 0 amide bonds. The molecule has 0 atom stereocenters. The number of rotatable bonds is 3. The van der Waals surface area contributed by atoms with Crippen molar-refractivity contribution in [3.63, 3.8) is 0 Å². The topological polar surface area (TPSA) is 0 Å². The molecular formula is C40H26. The van der Waals surface area contributed by atoms with E-state index in [1.54, 1.807) is 0 Å². The molecule has 0 spiro atoms. The lowest BCUT2D eigenvalue weighted by molar-refractivity contribution is 1.63. The predicted octanol–water partition coefficient (Wildman–Crippen LogP) is 11.3. The maximum Gasteiger partial charge on any atom is -0.00928 e. The molecule has 0 aromatic heterocycles. The summed E-state index contributed by atoms with van der Waals surface area (Å²) in [6, 6.07) is 57.6. The van der Waals surface area contributed by atoms with Crippen molar-refractivity contribution in [3.05, 3.63) is 158 Å². The standard InChI is InChI=1S/C40H26/c1-4-17-33-27(10-1)13-8-20-35(33)29-15-7-16-30(24-29)39-25-31-12-3-6-19-37(31)38-23-22-32(26-40(38)39)36-21-9-14-28-11-2-5-18-34(28)36/h1-26H. The normalized spacial score (nSPS) is 11.5. The summed E-state index contributed by atoms with van der Waals surface area (Å²) in [7, 11) is 0. The number of benzene rings is 8. The van der Waals surface area contributed by atoms with Crippen LogP contribution in [0.5, 0.6) is 0 Å². The van der Waals surface area contributed by atoms with Gasteiger partial charge in [-0.15, -0.1) is 0 Å². The van der Waals surface area contributed by atoms with Crippen LogP contribution in [-0.2, 0) is 0 Å². The van der Waals surface area contributed by atoms with Gasteiger partial charge in [-0.05, 0) is 94.7 Å². The van der Waals surface area contributed by atoms with E-state index >= 15 is 0 Å². The van der Waals surface area contributed by atoms with E-state index in [-0.39, 0.29) is 0 Å². The van der Waals surface area contributed by atoms with Crippen molar-refractivity contribution in [2.45, 2.75) is 0 Å². The number of hydrogen-bond acceptors (Lipinski definition) is 0. The van der Waals surface area contributed by atoms with Crippen molar-refractivity contribution in [3.8, 4) is 33.4 Å². The van der Waals surface area contributed by atoms with Crippen LogP contribution in [0, 0.1) is 0 Å². The largest absolute Gasteiger partial charge is 0.0616 e. The highest BCUT2D eigenvalue weighted by atomic mass is 14.2. The first kappa shape index (κ1) is 22.8. The van der Waals surface area contributed by atoms with E-state index in [2.05, 4.69) is 158 Å². The van der Waals surface area contributed by atoms with E-state index in [0.29, 0.717) is 0 Å². The Morgan fingerprint density at radius 3 is 1.40 bits per heavy atom. The summed E-state index contributed by atoms with van der Waals surface area (Å²) in [4.78, 5) is 0. The third-order valence-electron chi connectivity index (χ3n) is 8.24. The quantitative estimate of drug-likeness (QED) is 0.209. The van der Waals surface area contributed by atoms with Crippen molar-refractivity contribution in [2.24, 2.45) is 0 Å². The van der Waals surface area contributed by atoms with Gasteiger partial charge < -0.3 is 0 Å². The molecule has 0 saturated heterocycles. The Labute approximate surface area is 233 Å². The molecule has 0 heteroatoms. The SMILES string of the molecule is c1cc(-c2cccc3ccccc23)cc(-c2cc3ccccc3c3ccc(-c4cccc5ccccc45)cc23)c1. The Hall–Kier alpha value is -5.20. The van der Waals surface area contributed by atoms with Crippen molar-refractivity contribution < 1.29 is 0 Å². The Balaban J connectivity index is 1.39. The first-order valence-electron chi connectivity index (χ1n) is 13.9. The molecule has 0 unspecified atom stereocenters. The summed E-state index contributed by atoms with van der Waals surface area (Å²) in [5.74, 6) is 0. The molecule has 0 aliphatic rings. The summed E-state index contributed by atoms with van der Waals surface area (Å²) in [5, 5.41) is 10.2. The van der Waals surface area contributed by atoms with E-state index in [1.807, 2.05) is 0 Å². The molecule has 40 heavy (non-hydrogen) atoms. The van der Waals surface area contributed by atoms with Gasteiger partial charge in [-0.2, -0.15) is 0 Å². The average molecular weight is 507 g/mol. The Morgan fingerprint density at radius 2 is 0.725 bits per heavy atom. The highest BCUT2D eigenvalue weighted by Crippen LogP contribution is 2.40. The van der Waals surface area contributed by atoms with E-state index in [4.69, 9.17) is 0 Å². The number of fused-ring (bicyclic) bond motifs is 5. The molecule has 0 aliphatic carbocycles. The van der Waals surface area contributed by atoms with Crippen LogP contribution in [0.1, 0.15) is 0 Å². The van der Waals surface area contributed by atoms with Crippen LogP contribution in [0.15, 0.2) is 158 Å². The van der Waals surface area contributed by atoms with Gasteiger partial charge >= 0.3 is 0 Å². The molecule has 0 heterocycles. The molecule has 0 N–H and O–H groups in total. The van der Waals surface area contributed by atoms with Crippen LogP contribution < -0.4 is 0 Å². The van der Waals surface area contributed by atoms with Crippen LogP contribution in [0.2, 0.25) is 0 Å². The molecule has 8 aromatic carbocycles. The fraction of sp³-hybridized carbons (Fsp3) is 0. The number of hydrogen-bond donors (Lipinski definition) is 0. The first-order valence-corrected chi connectivity index (χ1v) is 13.9. The van der Waals surface area contributed by atoms with Gasteiger partial charge in [0.2, 0.25) is 0 Å². The second-order valence-electron chi connectivity index (χ2n) is 10.5. The van der Waals surface area contributed by atoms with Crippen LogP contribution in [0.4, 0.5) is 0 Å². The second kappa shape index (κ2) is 9.22. The fourth-order valence-electron chi connectivity index (χ4n) is 6.32. The highest BCUT2D eigenvalue weighted by molar-refractivity contribution is 6.15. The second-order valence-corrected chi connectivity index (χ2v) is 10.5. The molecule has 0 aliphatic heterocycles. The van der Waals surface area contributed by atoms with Crippen LogP contribution >= 0.6 is 0 Å². The first-order chi connectivity index (χ1) is 19.8. The van der Waals surface area contributed by atoms with Crippen LogP contribution in [-0.4, -0.2) is 0 Å². The van der Waals surface area contributed by atoms with Crippen molar-refractivity contribution in [1.82, 2.24) is 0 Å². The van der Waals surface area contributed by atoms with Gasteiger partial charge in [0, 0.05) is 0 Å². The monoisotopic (exact) mass is 506 g/mol. The van der Waals surface area contributed by atoms with Crippen LogP contribution in [0.3, 0.4) is 0 Å². The lowest BCUT2D eigenvalue weighted by atomic mass is 9.89. The minimum atomic E-state index is 1.23. The minimum absolute atomic E-state index is 1.23. The van der Waals surface area contributed by atoms with E-state index < -0.39 is 0 Å². The Kier molecular flexibility index (Phi) is 5.24. The molecule has 0 bridgehead atoms. The van der Waals surface area contributed by atoms with Gasteiger partial charge in [0.25, 0.3) is 0 Å². The lowest BCUT2D eigenvalue weighted by Crippen LogP contribution is -1.88. The highest BCUT2D eigenvalue weighted by Gasteiger charge is 2.13. The molecule has 0 fully saturated rings. The average Bonchev–Trinajstić information content (AvgIpc) is 3.03. The van der Waals surface area contributed by atoms with Gasteiger partial charge in [-0.1, -0.05) is 140 Å². The van der Waals surface area contributed by atoms with Gasteiger partial charge in [-0.25, -0.2) is 0 Å². The smallest absolute Gasteiger partial charge is 0.00928 e. The Morgan fingerprint density at radius 1 is 0.225 bits per heavy atom. The molecule has 8 aromatic rings. The van der Waals surface area contributed by atoms with Crippen molar-refractivity contribution in [2.75, 3.05) is 0 Å². The maximum atomic E-state index is 2.39. The zero-order chi connectivity index (χ0) is 26.5. The summed E-state index contributed by atoms with van der Waals surface area (Å²) in [6.07, 6.45) is 0. The summed E-state index contributed by atoms with van der Waals surface area (Å²) >= 11 is 0. The molecule has 0 nitrogen and oxygen atoms in total. The zero-order valence-electron chi connectivity index (χ0n) is 22.0. The maximum absolute atomic E-state index is 2.39. The van der Waals surface area contributed by atoms with E-state index in [1.165, 1.54) is 76.5 Å². The van der Waals surface area contributed by atoms with Gasteiger partial charge in [0.1, 0.15) is 0 Å². The van der Waals surface area contributed by atoms with Crippen molar-refractivity contribution in [1.29, 1.82) is 0 Å². The molecule has 186 valence electrons. The molecule has 8 rings (SSSR count). The van der Waals surface area contributed by atoms with E-state index in [0.717, 1.165) is 0 Å². The van der Waals surface area contributed by atoms with Gasteiger partial charge in [-0.3, -0.25) is 0 Å². The van der Waals surface area contributed by atoms with Crippen LogP contribution in [0.25, 0.3) is 76.5 Å². The van der Waals surface area contributed by atoms with Crippen molar-refractivity contribution >= 4 is 43.1 Å². The summed E-state index contributed by atoms with van der Waals surface area (Å²) in [6.45, 7) is 0. The molecule has 0 saturated carbocycles. The summed E-state index contributed by atoms with van der Waals surface area (Å²) in [5.41, 5.74) is 7.51. The fourth-order valence-corrected chi connectivity index (χ4v) is 6.32. The molecule has 0 radical (unpaired) electrons. The van der Waals surface area contributed by atoms with Gasteiger partial charge in [0.15, 0.2) is 0 Å². The van der Waals surface area contributed by atoms with Gasteiger partial charge in [0.05, 0.1) is 0 Å².